The minimum Gasteiger partial charge on any atom is -0.464 e. The Kier molecular flexibility index (Phi) is 5.52. The number of aromatic nitrogens is 3. The Bertz CT molecular complexity index is 1440. The Labute approximate surface area is 195 Å². The molecule has 0 radical (unpaired) electrons. The van der Waals surface area contributed by atoms with Crippen LogP contribution in [0, 0.1) is 17.2 Å². The molecule has 0 bridgehead atoms. The van der Waals surface area contributed by atoms with Gasteiger partial charge < -0.3 is 4.74 Å². The average Bonchev–Trinajstić information content (AvgIpc) is 3.30. The normalized spacial score (nSPS) is 16.9. The molecule has 0 fully saturated rings. The largest absolute Gasteiger partial charge is 0.464 e. The van der Waals surface area contributed by atoms with Gasteiger partial charge in [-0.1, -0.05) is 42.5 Å². The number of allylic oxidation sites excluding steroid dienone is 8. The average molecular weight is 451 g/mol. The van der Waals surface area contributed by atoms with Crippen LogP contribution in [0.25, 0.3) is 11.8 Å². The van der Waals surface area contributed by atoms with E-state index in [1.165, 1.54) is 18.2 Å². The molecule has 3 aliphatic rings. The van der Waals surface area contributed by atoms with Gasteiger partial charge in [0.1, 0.15) is 23.5 Å². The number of ketones is 1. The molecular formula is C26H21N5O3. The SMILES string of the molecule is CN(C(=O)C(C#N)C(=O)c1nn(C2C=CCC=C2)c2c1=COC1=CC=CCC=21)c1ccccn1. The quantitative estimate of drug-likeness (QED) is 0.392. The fraction of sp³-hybridized carbons (Fsp3) is 0.192. The van der Waals surface area contributed by atoms with E-state index in [9.17, 15) is 14.9 Å². The number of rotatable bonds is 5. The van der Waals surface area contributed by atoms with E-state index >= 15 is 0 Å². The molecule has 5 rings (SSSR count). The van der Waals surface area contributed by atoms with Crippen LogP contribution < -0.4 is 15.5 Å². The molecule has 8 nitrogen and oxygen atoms in total. The summed E-state index contributed by atoms with van der Waals surface area (Å²) in [5.74, 6) is -1.87. The second-order valence-electron chi connectivity index (χ2n) is 8.03. The van der Waals surface area contributed by atoms with E-state index in [4.69, 9.17) is 4.74 Å². The molecule has 2 aliphatic carbocycles. The van der Waals surface area contributed by atoms with Crippen LogP contribution in [-0.2, 0) is 9.53 Å². The monoisotopic (exact) mass is 451 g/mol. The van der Waals surface area contributed by atoms with Crippen molar-refractivity contribution in [2.75, 3.05) is 11.9 Å². The second-order valence-corrected chi connectivity index (χ2v) is 8.03. The maximum Gasteiger partial charge on any atom is 0.253 e. The third-order valence-electron chi connectivity index (χ3n) is 5.96. The maximum absolute atomic E-state index is 13.6. The first-order chi connectivity index (χ1) is 16.6. The van der Waals surface area contributed by atoms with Crippen LogP contribution in [0.2, 0.25) is 0 Å². The van der Waals surface area contributed by atoms with Gasteiger partial charge in [-0.25, -0.2) is 4.98 Å². The van der Waals surface area contributed by atoms with Crippen LogP contribution in [0.3, 0.4) is 0 Å². The number of hydrogen-bond acceptors (Lipinski definition) is 6. The molecule has 0 N–H and O–H groups in total. The van der Waals surface area contributed by atoms with Crippen LogP contribution in [0.5, 0.6) is 0 Å². The highest BCUT2D eigenvalue weighted by atomic mass is 16.5. The fourth-order valence-electron chi connectivity index (χ4n) is 4.21. The Hall–Kier alpha value is -4.51. The molecule has 1 aliphatic heterocycles. The number of Topliss-reactive ketones (excluding diaryl/α,β-unsaturated/α-hetero) is 1. The van der Waals surface area contributed by atoms with Gasteiger partial charge in [0, 0.05) is 18.8 Å². The maximum atomic E-state index is 13.6. The van der Waals surface area contributed by atoms with Gasteiger partial charge in [0.2, 0.25) is 5.78 Å². The van der Waals surface area contributed by atoms with Crippen molar-refractivity contribution in [3.05, 3.63) is 88.9 Å². The van der Waals surface area contributed by atoms with Crippen molar-refractivity contribution in [1.82, 2.24) is 14.8 Å². The van der Waals surface area contributed by atoms with E-state index in [1.54, 1.807) is 29.1 Å². The van der Waals surface area contributed by atoms with E-state index in [2.05, 4.69) is 10.1 Å². The highest BCUT2D eigenvalue weighted by Crippen LogP contribution is 2.24. The summed E-state index contributed by atoms with van der Waals surface area (Å²) < 4.78 is 7.58. The first-order valence-electron chi connectivity index (χ1n) is 10.9. The molecule has 1 unspecified atom stereocenters. The zero-order valence-electron chi connectivity index (χ0n) is 18.5. The lowest BCUT2D eigenvalue weighted by molar-refractivity contribution is -0.119. The molecule has 2 aromatic heterocycles. The molecule has 0 saturated carbocycles. The zero-order valence-corrected chi connectivity index (χ0v) is 18.5. The standard InChI is InChI=1S/C26H21N5O3/c1-30(22-13-7-8-14-28-22)26(33)19(15-27)25(32)23-20-16-34-21-12-6-5-11-18(21)24(20)31(29-23)17-9-3-2-4-10-17/h3-10,12-14,16-17,19H,2,11H2,1H3. The van der Waals surface area contributed by atoms with Crippen LogP contribution in [0.1, 0.15) is 29.4 Å². The molecule has 8 heteroatoms. The Morgan fingerprint density at radius 2 is 2.09 bits per heavy atom. The van der Waals surface area contributed by atoms with Gasteiger partial charge >= 0.3 is 0 Å². The summed E-state index contributed by atoms with van der Waals surface area (Å²) in [7, 11) is 1.49. The summed E-state index contributed by atoms with van der Waals surface area (Å²) >= 11 is 0. The third-order valence-corrected chi connectivity index (χ3v) is 5.96. The van der Waals surface area contributed by atoms with Gasteiger partial charge in [0.15, 0.2) is 5.92 Å². The van der Waals surface area contributed by atoms with Crippen molar-refractivity contribution >= 4 is 29.3 Å². The van der Waals surface area contributed by atoms with E-state index in [0.29, 0.717) is 23.2 Å². The van der Waals surface area contributed by atoms with Crippen molar-refractivity contribution in [2.45, 2.75) is 18.9 Å². The lowest BCUT2D eigenvalue weighted by Crippen LogP contribution is -2.41. The van der Waals surface area contributed by atoms with Crippen molar-refractivity contribution < 1.29 is 14.3 Å². The number of carbonyl (C=O) groups is 2. The van der Waals surface area contributed by atoms with Crippen LogP contribution in [0.4, 0.5) is 5.82 Å². The molecular weight excluding hydrogens is 430 g/mol. The third kappa shape index (κ3) is 3.57. The summed E-state index contributed by atoms with van der Waals surface area (Å²) in [5.41, 5.74) is 0.946. The molecule has 0 saturated heterocycles. The van der Waals surface area contributed by atoms with Gasteiger partial charge in [0.05, 0.1) is 22.7 Å². The molecule has 3 heterocycles. The van der Waals surface area contributed by atoms with Crippen LogP contribution in [0.15, 0.2) is 72.7 Å². The molecule has 34 heavy (non-hydrogen) atoms. The molecule has 0 spiro atoms. The second kappa shape index (κ2) is 8.79. The molecule has 1 amide bonds. The smallest absolute Gasteiger partial charge is 0.253 e. The summed E-state index contributed by atoms with van der Waals surface area (Å²) in [6, 6.07) is 6.77. The van der Waals surface area contributed by atoms with E-state index < -0.39 is 17.6 Å². The van der Waals surface area contributed by atoms with Gasteiger partial charge in [-0.15, -0.1) is 0 Å². The van der Waals surface area contributed by atoms with Crippen molar-refractivity contribution in [1.29, 1.82) is 5.26 Å². The molecule has 168 valence electrons. The highest BCUT2D eigenvalue weighted by molar-refractivity contribution is 6.15. The molecule has 2 aromatic rings. The lowest BCUT2D eigenvalue weighted by Gasteiger charge is -2.18. The highest BCUT2D eigenvalue weighted by Gasteiger charge is 2.35. The fourth-order valence-corrected chi connectivity index (χ4v) is 4.21. The van der Waals surface area contributed by atoms with E-state index in [-0.39, 0.29) is 11.7 Å². The summed E-state index contributed by atoms with van der Waals surface area (Å²) in [6.45, 7) is 0. The lowest BCUT2D eigenvalue weighted by atomic mass is 9.98. The first kappa shape index (κ1) is 21.3. The summed E-state index contributed by atoms with van der Waals surface area (Å²) in [6.07, 6.45) is 18.4. The predicted molar refractivity (Wildman–Crippen MR) is 125 cm³/mol. The minimum absolute atomic E-state index is 0.0396. The Morgan fingerprint density at radius 1 is 1.26 bits per heavy atom. The Balaban J connectivity index is 1.62. The van der Waals surface area contributed by atoms with Gasteiger partial charge in [-0.3, -0.25) is 19.2 Å². The Morgan fingerprint density at radius 3 is 2.82 bits per heavy atom. The molecule has 1 atom stereocenters. The predicted octanol–water partition coefficient (Wildman–Crippen LogP) is 2.08. The van der Waals surface area contributed by atoms with E-state index in [1.807, 2.05) is 48.6 Å². The van der Waals surface area contributed by atoms with Gasteiger partial charge in [-0.05, 0) is 31.1 Å². The number of carbonyl (C=O) groups excluding carboxylic acids is 2. The number of anilines is 1. The summed E-state index contributed by atoms with van der Waals surface area (Å²) in [4.78, 5) is 32.0. The topological polar surface area (TPSA) is 101 Å². The zero-order chi connectivity index (χ0) is 23.7. The van der Waals surface area contributed by atoms with Crippen molar-refractivity contribution in [3.8, 4) is 6.07 Å². The summed E-state index contributed by atoms with van der Waals surface area (Å²) in [5, 5.41) is 15.7. The van der Waals surface area contributed by atoms with Gasteiger partial charge in [-0.2, -0.15) is 10.4 Å². The van der Waals surface area contributed by atoms with Crippen molar-refractivity contribution in [3.63, 3.8) is 0 Å². The number of pyridine rings is 1. The van der Waals surface area contributed by atoms with Crippen LogP contribution in [-0.4, -0.2) is 33.5 Å². The number of hydrogen-bond donors (Lipinski definition) is 0. The minimum atomic E-state index is -1.57. The van der Waals surface area contributed by atoms with Crippen LogP contribution >= 0.6 is 0 Å². The van der Waals surface area contributed by atoms with Crippen molar-refractivity contribution in [2.24, 2.45) is 5.92 Å². The van der Waals surface area contributed by atoms with E-state index in [0.717, 1.165) is 17.3 Å². The number of fused-ring (bicyclic) bond motifs is 2. The molecule has 0 aromatic carbocycles. The number of nitrogens with zero attached hydrogens (tertiary/aromatic N) is 5. The number of amides is 1. The number of nitriles is 1. The first-order valence-corrected chi connectivity index (χ1v) is 10.9. The van der Waals surface area contributed by atoms with Gasteiger partial charge in [0.25, 0.3) is 5.91 Å². The number of ether oxygens (including phenoxy) is 1.